The molecule has 3 heteroatoms. The Balaban J connectivity index is 1.94. The van der Waals surface area contributed by atoms with Crippen LogP contribution in [0.3, 0.4) is 0 Å². The van der Waals surface area contributed by atoms with E-state index in [4.69, 9.17) is 0 Å². The highest BCUT2D eigenvalue weighted by Crippen LogP contribution is 2.21. The Labute approximate surface area is 128 Å². The number of hydrogen-bond donors (Lipinski definition) is 2. The maximum absolute atomic E-state index is 12.0. The molecule has 21 heavy (non-hydrogen) atoms. The predicted molar refractivity (Wildman–Crippen MR) is 88.8 cm³/mol. The lowest BCUT2D eigenvalue weighted by Gasteiger charge is -2.22. The molecule has 1 amide bonds. The average molecular weight is 288 g/mol. The van der Waals surface area contributed by atoms with Crippen LogP contribution in [0.1, 0.15) is 68.6 Å². The predicted octanol–water partition coefficient (Wildman–Crippen LogP) is 4.35. The first-order valence-electron chi connectivity index (χ1n) is 8.44. The Kier molecular flexibility index (Phi) is 6.58. The molecule has 0 heterocycles. The highest BCUT2D eigenvalue weighted by atomic mass is 16.1. The molecule has 1 saturated carbocycles. The van der Waals surface area contributed by atoms with E-state index < -0.39 is 0 Å². The van der Waals surface area contributed by atoms with Gasteiger partial charge >= 0.3 is 0 Å². The Hall–Kier alpha value is -1.51. The van der Waals surface area contributed by atoms with Crippen molar-refractivity contribution in [3.05, 3.63) is 29.8 Å². The smallest absolute Gasteiger partial charge is 0.251 e. The fraction of sp³-hybridized carbons (Fsp3) is 0.611. The van der Waals surface area contributed by atoms with Gasteiger partial charge in [-0.15, -0.1) is 0 Å². The Bertz CT molecular complexity index is 437. The molecule has 116 valence electrons. The van der Waals surface area contributed by atoms with Crippen LogP contribution in [-0.4, -0.2) is 18.5 Å². The third-order valence-corrected chi connectivity index (χ3v) is 4.14. The van der Waals surface area contributed by atoms with Gasteiger partial charge in [-0.1, -0.05) is 45.1 Å². The molecule has 1 aliphatic rings. The Morgan fingerprint density at radius 1 is 1.14 bits per heavy atom. The zero-order valence-electron chi connectivity index (χ0n) is 13.2. The fourth-order valence-electron chi connectivity index (χ4n) is 2.93. The van der Waals surface area contributed by atoms with Crippen LogP contribution in [0.15, 0.2) is 24.3 Å². The van der Waals surface area contributed by atoms with Crippen LogP contribution in [0, 0.1) is 0 Å². The van der Waals surface area contributed by atoms with Crippen molar-refractivity contribution in [2.24, 2.45) is 0 Å². The van der Waals surface area contributed by atoms with Crippen molar-refractivity contribution in [2.45, 2.75) is 64.3 Å². The molecule has 0 atom stereocenters. The van der Waals surface area contributed by atoms with Crippen LogP contribution >= 0.6 is 0 Å². The van der Waals surface area contributed by atoms with Crippen LogP contribution in [0.25, 0.3) is 0 Å². The molecule has 0 aliphatic heterocycles. The van der Waals surface area contributed by atoms with Gasteiger partial charge in [-0.3, -0.25) is 4.79 Å². The second-order valence-corrected chi connectivity index (χ2v) is 6.02. The summed E-state index contributed by atoms with van der Waals surface area (Å²) in [5.74, 6) is 0.0261. The highest BCUT2D eigenvalue weighted by molar-refractivity contribution is 5.95. The van der Waals surface area contributed by atoms with Crippen molar-refractivity contribution < 1.29 is 4.79 Å². The molecular formula is C18H28N2O. The lowest BCUT2D eigenvalue weighted by atomic mass is 9.96. The molecule has 1 fully saturated rings. The zero-order valence-corrected chi connectivity index (χ0v) is 13.2. The summed E-state index contributed by atoms with van der Waals surface area (Å²) < 4.78 is 0. The maximum atomic E-state index is 12.0. The number of amides is 1. The minimum absolute atomic E-state index is 0.0261. The quantitative estimate of drug-likeness (QED) is 0.845. The van der Waals surface area contributed by atoms with Crippen LogP contribution in [0.4, 0.5) is 5.69 Å². The lowest BCUT2D eigenvalue weighted by Crippen LogP contribution is -2.24. The number of anilines is 1. The Morgan fingerprint density at radius 3 is 2.57 bits per heavy atom. The van der Waals surface area contributed by atoms with Crippen molar-refractivity contribution in [2.75, 3.05) is 11.9 Å². The van der Waals surface area contributed by atoms with Crippen LogP contribution in [0.2, 0.25) is 0 Å². The summed E-state index contributed by atoms with van der Waals surface area (Å²) in [7, 11) is 0. The van der Waals surface area contributed by atoms with Gasteiger partial charge in [0, 0.05) is 23.8 Å². The summed E-state index contributed by atoms with van der Waals surface area (Å²) in [6, 6.07) is 8.44. The zero-order chi connectivity index (χ0) is 14.9. The van der Waals surface area contributed by atoms with E-state index in [1.54, 1.807) is 0 Å². The number of rotatable bonds is 5. The van der Waals surface area contributed by atoms with E-state index >= 15 is 0 Å². The molecule has 0 spiro atoms. The maximum Gasteiger partial charge on any atom is 0.251 e. The molecule has 0 unspecified atom stereocenters. The van der Waals surface area contributed by atoms with Crippen LogP contribution < -0.4 is 10.6 Å². The van der Waals surface area contributed by atoms with Gasteiger partial charge in [0.05, 0.1) is 0 Å². The number of carbonyl (C=O) groups is 1. The lowest BCUT2D eigenvalue weighted by molar-refractivity contribution is 0.0953. The molecule has 2 rings (SSSR count). The highest BCUT2D eigenvalue weighted by Gasteiger charge is 2.12. The number of hydrogen-bond acceptors (Lipinski definition) is 2. The SMILES string of the molecule is CCCNC(=O)c1cccc(NC2CCCCCCC2)c1. The third kappa shape index (κ3) is 5.41. The summed E-state index contributed by atoms with van der Waals surface area (Å²) in [6.07, 6.45) is 10.2. The van der Waals surface area contributed by atoms with E-state index in [1.807, 2.05) is 18.2 Å². The standard InChI is InChI=1S/C18H28N2O/c1-2-13-19-18(21)15-9-8-12-17(14-15)20-16-10-6-4-3-5-7-11-16/h8-9,12,14,16,20H,2-7,10-11,13H2,1H3,(H,19,21). The second-order valence-electron chi connectivity index (χ2n) is 6.02. The van der Waals surface area contributed by atoms with E-state index in [0.717, 1.165) is 24.2 Å². The molecular weight excluding hydrogens is 260 g/mol. The van der Waals surface area contributed by atoms with Gasteiger partial charge in [0.2, 0.25) is 0 Å². The van der Waals surface area contributed by atoms with E-state index in [9.17, 15) is 4.79 Å². The molecule has 0 bridgehead atoms. The first-order chi connectivity index (χ1) is 10.3. The topological polar surface area (TPSA) is 41.1 Å². The van der Waals surface area contributed by atoms with E-state index in [1.165, 1.54) is 44.9 Å². The summed E-state index contributed by atoms with van der Waals surface area (Å²) in [5.41, 5.74) is 1.82. The van der Waals surface area contributed by atoms with Gasteiger partial charge in [0.25, 0.3) is 5.91 Å². The van der Waals surface area contributed by atoms with Gasteiger partial charge in [-0.25, -0.2) is 0 Å². The molecule has 1 aromatic rings. The largest absolute Gasteiger partial charge is 0.382 e. The minimum Gasteiger partial charge on any atom is -0.382 e. The van der Waals surface area contributed by atoms with Crippen molar-refractivity contribution in [1.82, 2.24) is 5.32 Å². The Morgan fingerprint density at radius 2 is 1.86 bits per heavy atom. The summed E-state index contributed by atoms with van der Waals surface area (Å²) in [4.78, 5) is 12.0. The number of carbonyl (C=O) groups excluding carboxylic acids is 1. The van der Waals surface area contributed by atoms with Crippen molar-refractivity contribution in [3.63, 3.8) is 0 Å². The molecule has 2 N–H and O–H groups in total. The summed E-state index contributed by atoms with van der Waals surface area (Å²) >= 11 is 0. The van der Waals surface area contributed by atoms with E-state index in [2.05, 4.69) is 23.6 Å². The summed E-state index contributed by atoms with van der Waals surface area (Å²) in [5, 5.41) is 6.55. The van der Waals surface area contributed by atoms with Crippen molar-refractivity contribution in [1.29, 1.82) is 0 Å². The van der Waals surface area contributed by atoms with Crippen LogP contribution in [-0.2, 0) is 0 Å². The first kappa shape index (κ1) is 15.9. The molecule has 3 nitrogen and oxygen atoms in total. The molecule has 0 aromatic heterocycles. The van der Waals surface area contributed by atoms with Gasteiger partial charge < -0.3 is 10.6 Å². The average Bonchev–Trinajstić information content (AvgIpc) is 2.48. The normalized spacial score (nSPS) is 16.8. The molecule has 1 aliphatic carbocycles. The monoisotopic (exact) mass is 288 g/mol. The molecule has 1 aromatic carbocycles. The minimum atomic E-state index is 0.0261. The molecule has 0 radical (unpaired) electrons. The molecule has 0 saturated heterocycles. The fourth-order valence-corrected chi connectivity index (χ4v) is 2.93. The van der Waals surface area contributed by atoms with Gasteiger partial charge in [0.1, 0.15) is 0 Å². The van der Waals surface area contributed by atoms with Gasteiger partial charge in [-0.2, -0.15) is 0 Å². The number of nitrogens with one attached hydrogen (secondary N) is 2. The van der Waals surface area contributed by atoms with Gasteiger partial charge in [0.15, 0.2) is 0 Å². The second kappa shape index (κ2) is 8.71. The summed E-state index contributed by atoms with van der Waals surface area (Å²) in [6.45, 7) is 2.80. The van der Waals surface area contributed by atoms with E-state index in [0.29, 0.717) is 6.04 Å². The first-order valence-corrected chi connectivity index (χ1v) is 8.44. The third-order valence-electron chi connectivity index (χ3n) is 4.14. The van der Waals surface area contributed by atoms with E-state index in [-0.39, 0.29) is 5.91 Å². The van der Waals surface area contributed by atoms with Crippen LogP contribution in [0.5, 0.6) is 0 Å². The van der Waals surface area contributed by atoms with Crippen molar-refractivity contribution in [3.8, 4) is 0 Å². The van der Waals surface area contributed by atoms with Crippen molar-refractivity contribution >= 4 is 11.6 Å². The van der Waals surface area contributed by atoms with Gasteiger partial charge in [-0.05, 0) is 37.5 Å². The number of benzene rings is 1.